The zero-order chi connectivity index (χ0) is 42.5. The average Bonchev–Trinajstić information content (AvgIpc) is 3.70. The first kappa shape index (κ1) is 46.4. The van der Waals surface area contributed by atoms with Crippen molar-refractivity contribution in [2.75, 3.05) is 28.6 Å². The lowest BCUT2D eigenvalue weighted by atomic mass is 9.95. The van der Waals surface area contributed by atoms with Crippen molar-refractivity contribution in [3.63, 3.8) is 0 Å². The summed E-state index contributed by atoms with van der Waals surface area (Å²) in [4.78, 5) is 17.0. The maximum atomic E-state index is 14.3. The number of fused-ring (bicyclic) bond motifs is 1. The standard InChI is InChI=1S/C39H53ClN6O9S3/c1-5-7-9-11-13-15-17-28(18-16-14-12-10-8-6-2)27-54-39(47)55-38-35(58(52,53)31-22-20-30(21-23-31)44-56(3,48)49)33(26-41)37-42-36(43-46(37)38)32-25-29(40)19-24-34(32)45-57(4,50)51/h19-25,28,44-45H,5-18,27H2,1-4H3,(H,42,43). The van der Waals surface area contributed by atoms with Crippen LogP contribution in [0.15, 0.2) is 52.3 Å². The van der Waals surface area contributed by atoms with E-state index in [1.54, 1.807) is 0 Å². The topological polar surface area (TPSA) is 219 Å². The molecule has 2 aromatic carbocycles. The fourth-order valence-corrected chi connectivity index (χ4v) is 9.41. The molecular formula is C39H53ClN6O9S3. The summed E-state index contributed by atoms with van der Waals surface area (Å²) in [5.74, 6) is -0.621. The molecule has 0 amide bonds. The zero-order valence-corrected chi connectivity index (χ0v) is 36.5. The lowest BCUT2D eigenvalue weighted by Crippen LogP contribution is -2.19. The Morgan fingerprint density at radius 2 is 1.41 bits per heavy atom. The monoisotopic (exact) mass is 880 g/mol. The smallest absolute Gasteiger partial charge is 0.434 e. The molecule has 0 saturated heterocycles. The molecule has 15 nitrogen and oxygen atoms in total. The summed E-state index contributed by atoms with van der Waals surface area (Å²) in [5, 5.41) is 13.5. The van der Waals surface area contributed by atoms with Crippen LogP contribution >= 0.6 is 11.6 Å². The van der Waals surface area contributed by atoms with Crippen LogP contribution < -0.4 is 14.2 Å². The number of sulfone groups is 1. The highest BCUT2D eigenvalue weighted by molar-refractivity contribution is 7.92. The summed E-state index contributed by atoms with van der Waals surface area (Å²) in [7, 11) is -12.1. The minimum Gasteiger partial charge on any atom is -0.434 e. The summed E-state index contributed by atoms with van der Waals surface area (Å²) in [6.45, 7) is 4.38. The predicted octanol–water partition coefficient (Wildman–Crippen LogP) is 9.06. The number of halogens is 1. The maximum absolute atomic E-state index is 14.3. The fraction of sp³-hybridized carbons (Fsp3) is 0.513. The van der Waals surface area contributed by atoms with Crippen molar-refractivity contribution in [3.05, 3.63) is 53.1 Å². The molecule has 0 aliphatic rings. The number of rotatable bonds is 24. The maximum Gasteiger partial charge on any atom is 0.515 e. The molecule has 19 heteroatoms. The predicted molar refractivity (Wildman–Crippen MR) is 225 cm³/mol. The van der Waals surface area contributed by atoms with Crippen LogP contribution in [0.5, 0.6) is 5.88 Å². The molecule has 4 rings (SSSR count). The molecule has 0 atom stereocenters. The van der Waals surface area contributed by atoms with E-state index in [1.165, 1.54) is 56.0 Å². The number of sulfonamides is 2. The molecule has 0 aliphatic heterocycles. The highest BCUT2D eigenvalue weighted by atomic mass is 35.5. The molecule has 0 saturated carbocycles. The number of anilines is 2. The largest absolute Gasteiger partial charge is 0.515 e. The first-order chi connectivity index (χ1) is 27.5. The molecule has 0 unspecified atom stereocenters. The molecule has 0 bridgehead atoms. The number of unbranched alkanes of at least 4 members (excludes halogenated alkanes) is 10. The Morgan fingerprint density at radius 3 is 1.97 bits per heavy atom. The Kier molecular flexibility index (Phi) is 16.9. The van der Waals surface area contributed by atoms with Gasteiger partial charge in [-0.25, -0.2) is 39.5 Å². The van der Waals surface area contributed by atoms with Crippen molar-refractivity contribution < 1.29 is 39.5 Å². The number of aromatic amines is 1. The van der Waals surface area contributed by atoms with Gasteiger partial charge >= 0.3 is 6.16 Å². The van der Waals surface area contributed by atoms with E-state index in [2.05, 4.69) is 33.4 Å². The van der Waals surface area contributed by atoms with Crippen molar-refractivity contribution in [3.8, 4) is 23.3 Å². The quantitative estimate of drug-likeness (QED) is 0.0445. The van der Waals surface area contributed by atoms with Gasteiger partial charge in [0.05, 0.1) is 29.7 Å². The lowest BCUT2D eigenvalue weighted by Gasteiger charge is -2.17. The number of nitriles is 1. The van der Waals surface area contributed by atoms with E-state index in [-0.39, 0.29) is 50.9 Å². The van der Waals surface area contributed by atoms with E-state index in [1.807, 2.05) is 6.07 Å². The Morgan fingerprint density at radius 1 is 0.845 bits per heavy atom. The number of aromatic nitrogens is 3. The first-order valence-corrected chi connectivity index (χ1v) is 25.1. The molecular weight excluding hydrogens is 828 g/mol. The van der Waals surface area contributed by atoms with Crippen LogP contribution in [0.3, 0.4) is 0 Å². The highest BCUT2D eigenvalue weighted by Gasteiger charge is 2.36. The molecule has 0 spiro atoms. The van der Waals surface area contributed by atoms with Crippen LogP contribution in [0.2, 0.25) is 5.02 Å². The molecule has 318 valence electrons. The average molecular weight is 882 g/mol. The Balaban J connectivity index is 1.72. The number of carbonyl (C=O) groups excluding carboxylic acids is 1. The van der Waals surface area contributed by atoms with Crippen molar-refractivity contribution in [2.24, 2.45) is 5.92 Å². The summed E-state index contributed by atoms with van der Waals surface area (Å²) < 4.78 is 93.5. The van der Waals surface area contributed by atoms with E-state index in [0.717, 1.165) is 93.4 Å². The number of carbonyl (C=O) groups is 1. The third-order valence-corrected chi connectivity index (χ3v) is 12.7. The van der Waals surface area contributed by atoms with E-state index in [4.69, 9.17) is 21.1 Å². The third kappa shape index (κ3) is 13.4. The van der Waals surface area contributed by atoms with E-state index >= 15 is 0 Å². The lowest BCUT2D eigenvalue weighted by molar-refractivity contribution is 0.0769. The summed E-state index contributed by atoms with van der Waals surface area (Å²) >= 11 is 6.27. The minimum absolute atomic E-state index is 0.0382. The van der Waals surface area contributed by atoms with Gasteiger partial charge in [0.15, 0.2) is 16.4 Å². The minimum atomic E-state index is -4.67. The van der Waals surface area contributed by atoms with Crippen LogP contribution in [-0.2, 0) is 34.6 Å². The second kappa shape index (κ2) is 21.1. The van der Waals surface area contributed by atoms with Gasteiger partial charge in [-0.1, -0.05) is 102 Å². The van der Waals surface area contributed by atoms with Gasteiger partial charge in [0.1, 0.15) is 11.6 Å². The molecule has 58 heavy (non-hydrogen) atoms. The Bertz CT molecular complexity index is 2370. The molecule has 0 radical (unpaired) electrons. The number of hydrogen-bond acceptors (Lipinski definition) is 11. The summed E-state index contributed by atoms with van der Waals surface area (Å²) in [6, 6.07) is 10.9. The van der Waals surface area contributed by atoms with Crippen molar-refractivity contribution in [1.29, 1.82) is 5.26 Å². The number of nitrogens with one attached hydrogen (secondary N) is 3. The van der Waals surface area contributed by atoms with E-state index in [0.29, 0.717) is 0 Å². The van der Waals surface area contributed by atoms with Gasteiger partial charge in [-0.2, -0.15) is 5.26 Å². The normalized spacial score (nSPS) is 12.2. The van der Waals surface area contributed by atoms with Crippen LogP contribution in [0.4, 0.5) is 16.2 Å². The van der Waals surface area contributed by atoms with Gasteiger partial charge in [-0.3, -0.25) is 14.5 Å². The third-order valence-electron chi connectivity index (χ3n) is 9.42. The van der Waals surface area contributed by atoms with Gasteiger partial charge in [0.25, 0.3) is 0 Å². The van der Waals surface area contributed by atoms with Gasteiger partial charge in [0.2, 0.25) is 35.8 Å². The second-order valence-electron chi connectivity index (χ2n) is 14.5. The highest BCUT2D eigenvalue weighted by Crippen LogP contribution is 2.39. The second-order valence-corrected chi connectivity index (χ2v) is 20.3. The van der Waals surface area contributed by atoms with Crippen molar-refractivity contribution in [1.82, 2.24) is 14.6 Å². The molecule has 2 heterocycles. The van der Waals surface area contributed by atoms with Crippen LogP contribution in [0.25, 0.3) is 17.0 Å². The number of H-pyrrole nitrogens is 1. The van der Waals surface area contributed by atoms with Gasteiger partial charge in [-0.05, 0) is 61.2 Å². The SMILES string of the molecule is CCCCCCCCC(CCCCCCCC)COC(=O)Oc1c(S(=O)(=O)c2ccc(NS(C)(=O)=O)cc2)c(C#N)c2nc(-c3cc(Cl)ccc3NS(C)(=O)=O)[nH]n12. The Hall–Kier alpha value is -4.31. The van der Waals surface area contributed by atoms with Crippen LogP contribution in [0, 0.1) is 17.2 Å². The molecule has 0 fully saturated rings. The number of nitrogens with zero attached hydrogens (tertiary/aromatic N) is 3. The first-order valence-electron chi connectivity index (χ1n) is 19.5. The van der Waals surface area contributed by atoms with Crippen LogP contribution in [-0.4, -0.2) is 65.1 Å². The van der Waals surface area contributed by atoms with Gasteiger partial charge < -0.3 is 9.47 Å². The number of benzene rings is 2. The Labute approximate surface area is 346 Å². The number of ether oxygens (including phenoxy) is 2. The molecule has 3 N–H and O–H groups in total. The number of hydrogen-bond donors (Lipinski definition) is 3. The van der Waals surface area contributed by atoms with Crippen molar-refractivity contribution in [2.45, 2.75) is 114 Å². The van der Waals surface area contributed by atoms with E-state index in [9.17, 15) is 35.3 Å². The zero-order valence-electron chi connectivity index (χ0n) is 33.3. The summed E-state index contributed by atoms with van der Waals surface area (Å²) in [6.07, 6.45) is 15.8. The van der Waals surface area contributed by atoms with Crippen LogP contribution in [0.1, 0.15) is 109 Å². The molecule has 4 aromatic rings. The molecule has 0 aliphatic carbocycles. The summed E-state index contributed by atoms with van der Waals surface area (Å²) in [5.41, 5.74) is -0.448. The molecule has 2 aromatic heterocycles. The van der Waals surface area contributed by atoms with Gasteiger partial charge in [-0.15, -0.1) is 0 Å². The van der Waals surface area contributed by atoms with E-state index < -0.39 is 52.4 Å². The fourth-order valence-electron chi connectivity index (χ4n) is 6.59. The van der Waals surface area contributed by atoms with Gasteiger partial charge in [0, 0.05) is 16.3 Å². The van der Waals surface area contributed by atoms with Crippen molar-refractivity contribution >= 4 is 64.7 Å².